The number of benzene rings is 3. The number of fused-ring (bicyclic) bond motifs is 1. The molecular formula is C26H19BrI2N2O4S. The lowest BCUT2D eigenvalue weighted by molar-refractivity contribution is -0.115. The fourth-order valence-corrected chi connectivity index (χ4v) is 6.92. The molecule has 2 aliphatic rings. The average molecular weight is 789 g/mol. The summed E-state index contributed by atoms with van der Waals surface area (Å²) in [5.41, 5.74) is 4.94. The average Bonchev–Trinajstić information content (AvgIpc) is 3.42. The van der Waals surface area contributed by atoms with Gasteiger partial charge < -0.3 is 19.5 Å². The van der Waals surface area contributed by atoms with E-state index in [9.17, 15) is 4.79 Å². The predicted molar refractivity (Wildman–Crippen MR) is 163 cm³/mol. The molecule has 0 unspecified atom stereocenters. The van der Waals surface area contributed by atoms with E-state index in [1.165, 1.54) is 11.8 Å². The Morgan fingerprint density at radius 2 is 1.78 bits per heavy atom. The van der Waals surface area contributed by atoms with E-state index in [2.05, 4.69) is 71.4 Å². The number of amides is 1. The number of thioether (sulfide) groups is 1. The third-order valence-corrected chi connectivity index (χ3v) is 9.20. The van der Waals surface area contributed by atoms with Crippen LogP contribution in [0.15, 0.2) is 56.8 Å². The second kappa shape index (κ2) is 10.9. The molecule has 2 aliphatic heterocycles. The highest BCUT2D eigenvalue weighted by Gasteiger charge is 2.24. The van der Waals surface area contributed by atoms with Crippen LogP contribution in [-0.4, -0.2) is 17.9 Å². The van der Waals surface area contributed by atoms with E-state index in [0.717, 1.165) is 56.8 Å². The standard InChI is InChI=1S/C26H19BrI2N2O4S/c1-13-5-17(6-14(2)23(13)27)30-26-31-25(32)22(36-26)10-16-7-18(28)24(19(29)8-16)33-11-15-3-4-20-21(9-15)35-12-34-20/h3-10H,11-12H2,1-2H3,(H,30,31,32)/b22-10-. The van der Waals surface area contributed by atoms with Crippen molar-refractivity contribution in [1.29, 1.82) is 0 Å². The monoisotopic (exact) mass is 788 g/mol. The number of aliphatic imine (C=N–C) groups is 1. The molecule has 36 heavy (non-hydrogen) atoms. The molecule has 1 N–H and O–H groups in total. The summed E-state index contributed by atoms with van der Waals surface area (Å²) in [4.78, 5) is 17.8. The normalized spacial score (nSPS) is 16.6. The lowest BCUT2D eigenvalue weighted by atomic mass is 10.1. The second-order valence-electron chi connectivity index (χ2n) is 8.17. The zero-order valence-electron chi connectivity index (χ0n) is 19.2. The van der Waals surface area contributed by atoms with E-state index in [1.807, 2.05) is 62.4 Å². The lowest BCUT2D eigenvalue weighted by Crippen LogP contribution is -2.19. The van der Waals surface area contributed by atoms with Crippen LogP contribution in [0.25, 0.3) is 6.08 Å². The van der Waals surface area contributed by atoms with Crippen molar-refractivity contribution in [2.24, 2.45) is 4.99 Å². The van der Waals surface area contributed by atoms with Crippen LogP contribution in [0.5, 0.6) is 17.2 Å². The molecule has 0 atom stereocenters. The molecule has 184 valence electrons. The molecule has 5 rings (SSSR count). The Bertz CT molecular complexity index is 1410. The first kappa shape index (κ1) is 25.9. The minimum atomic E-state index is -0.155. The van der Waals surface area contributed by atoms with Gasteiger partial charge in [0.25, 0.3) is 5.91 Å². The van der Waals surface area contributed by atoms with Crippen LogP contribution in [0, 0.1) is 21.0 Å². The van der Waals surface area contributed by atoms with Crippen LogP contribution in [0.2, 0.25) is 0 Å². The molecule has 1 fully saturated rings. The van der Waals surface area contributed by atoms with Gasteiger partial charge in [0.1, 0.15) is 12.4 Å². The maximum Gasteiger partial charge on any atom is 0.264 e. The van der Waals surface area contributed by atoms with E-state index in [-0.39, 0.29) is 12.7 Å². The van der Waals surface area contributed by atoms with Crippen molar-refractivity contribution in [2.45, 2.75) is 20.5 Å². The maximum absolute atomic E-state index is 12.6. The maximum atomic E-state index is 12.6. The smallest absolute Gasteiger partial charge is 0.264 e. The van der Waals surface area contributed by atoms with Gasteiger partial charge in [-0.25, -0.2) is 4.99 Å². The van der Waals surface area contributed by atoms with Gasteiger partial charge in [-0.3, -0.25) is 4.79 Å². The molecule has 0 aromatic heterocycles. The lowest BCUT2D eigenvalue weighted by Gasteiger charge is -2.12. The number of nitrogens with one attached hydrogen (secondary N) is 1. The summed E-state index contributed by atoms with van der Waals surface area (Å²) in [5.74, 6) is 2.15. The highest BCUT2D eigenvalue weighted by Crippen LogP contribution is 2.35. The second-order valence-corrected chi connectivity index (χ2v) is 12.3. The Balaban J connectivity index is 1.31. The highest BCUT2D eigenvalue weighted by atomic mass is 127. The molecule has 0 spiro atoms. The number of carbonyl (C=O) groups is 1. The highest BCUT2D eigenvalue weighted by molar-refractivity contribution is 14.1. The quantitative estimate of drug-likeness (QED) is 0.215. The largest absolute Gasteiger partial charge is 0.487 e. The number of rotatable bonds is 5. The van der Waals surface area contributed by atoms with Gasteiger partial charge in [0.15, 0.2) is 16.7 Å². The number of hydrogen-bond acceptors (Lipinski definition) is 6. The van der Waals surface area contributed by atoms with Gasteiger partial charge in [-0.05, 0) is 136 Å². The van der Waals surface area contributed by atoms with Gasteiger partial charge in [-0.15, -0.1) is 0 Å². The van der Waals surface area contributed by atoms with Crippen LogP contribution >= 0.6 is 72.9 Å². The predicted octanol–water partition coefficient (Wildman–Crippen LogP) is 7.47. The van der Waals surface area contributed by atoms with E-state index in [0.29, 0.717) is 16.7 Å². The summed E-state index contributed by atoms with van der Waals surface area (Å²) in [6.07, 6.45) is 1.88. The van der Waals surface area contributed by atoms with E-state index >= 15 is 0 Å². The van der Waals surface area contributed by atoms with Crippen LogP contribution in [0.4, 0.5) is 5.69 Å². The fourth-order valence-electron chi connectivity index (χ4n) is 3.72. The van der Waals surface area contributed by atoms with Crippen molar-refractivity contribution in [3.63, 3.8) is 0 Å². The Kier molecular flexibility index (Phi) is 7.84. The number of ether oxygens (including phenoxy) is 3. The Morgan fingerprint density at radius 3 is 2.50 bits per heavy atom. The van der Waals surface area contributed by atoms with Crippen LogP contribution < -0.4 is 19.5 Å². The zero-order chi connectivity index (χ0) is 25.4. The first-order chi connectivity index (χ1) is 17.3. The summed E-state index contributed by atoms with van der Waals surface area (Å²) >= 11 is 9.45. The minimum Gasteiger partial charge on any atom is -0.487 e. The summed E-state index contributed by atoms with van der Waals surface area (Å²) in [7, 11) is 0. The van der Waals surface area contributed by atoms with E-state index in [1.54, 1.807) is 0 Å². The van der Waals surface area contributed by atoms with Crippen molar-refractivity contribution in [2.75, 3.05) is 6.79 Å². The minimum absolute atomic E-state index is 0.155. The van der Waals surface area contributed by atoms with Gasteiger partial charge in [0.2, 0.25) is 6.79 Å². The SMILES string of the molecule is Cc1cc(N=C2NC(=O)/C(=C/c3cc(I)c(OCc4ccc5c(c4)OCO5)c(I)c3)S2)cc(C)c1Br. The summed E-state index contributed by atoms with van der Waals surface area (Å²) in [5, 5.41) is 3.44. The molecule has 3 aromatic carbocycles. The van der Waals surface area contributed by atoms with Crippen LogP contribution in [0.1, 0.15) is 22.3 Å². The number of aryl methyl sites for hydroxylation is 2. The number of halogens is 3. The van der Waals surface area contributed by atoms with Crippen molar-refractivity contribution in [3.05, 3.63) is 81.2 Å². The number of amidine groups is 1. The Labute approximate surface area is 248 Å². The number of hydrogen-bond donors (Lipinski definition) is 1. The van der Waals surface area contributed by atoms with Crippen molar-refractivity contribution in [1.82, 2.24) is 5.32 Å². The molecule has 6 nitrogen and oxygen atoms in total. The van der Waals surface area contributed by atoms with Crippen molar-refractivity contribution >= 4 is 95.7 Å². The first-order valence-electron chi connectivity index (χ1n) is 10.8. The number of nitrogens with zero attached hydrogens (tertiary/aromatic N) is 1. The van der Waals surface area contributed by atoms with Gasteiger partial charge in [-0.1, -0.05) is 22.0 Å². The van der Waals surface area contributed by atoms with Crippen LogP contribution in [0.3, 0.4) is 0 Å². The van der Waals surface area contributed by atoms with Crippen LogP contribution in [-0.2, 0) is 11.4 Å². The van der Waals surface area contributed by atoms with Gasteiger partial charge in [-0.2, -0.15) is 0 Å². The molecule has 2 heterocycles. The molecule has 0 radical (unpaired) electrons. The molecule has 10 heteroatoms. The molecule has 0 saturated carbocycles. The third-order valence-electron chi connectivity index (χ3n) is 5.44. The zero-order valence-corrected chi connectivity index (χ0v) is 25.9. The van der Waals surface area contributed by atoms with Gasteiger partial charge in [0.05, 0.1) is 17.7 Å². The Morgan fingerprint density at radius 1 is 1.08 bits per heavy atom. The van der Waals surface area contributed by atoms with E-state index < -0.39 is 0 Å². The third kappa shape index (κ3) is 5.70. The Hall–Kier alpha value is -1.77. The van der Waals surface area contributed by atoms with Crippen molar-refractivity contribution in [3.8, 4) is 17.2 Å². The van der Waals surface area contributed by atoms with Gasteiger partial charge in [0, 0.05) is 4.47 Å². The summed E-state index contributed by atoms with van der Waals surface area (Å²) in [6, 6.07) is 13.8. The number of carbonyl (C=O) groups excluding carboxylic acids is 1. The summed E-state index contributed by atoms with van der Waals surface area (Å²) < 4.78 is 19.9. The molecule has 0 aliphatic carbocycles. The molecule has 0 bridgehead atoms. The summed E-state index contributed by atoms with van der Waals surface area (Å²) in [6.45, 7) is 4.71. The van der Waals surface area contributed by atoms with Gasteiger partial charge >= 0.3 is 0 Å². The molecular weight excluding hydrogens is 770 g/mol. The molecule has 1 saturated heterocycles. The molecule has 3 aromatic rings. The fraction of sp³-hybridized carbons (Fsp3) is 0.154. The topological polar surface area (TPSA) is 69.2 Å². The van der Waals surface area contributed by atoms with E-state index in [4.69, 9.17) is 14.2 Å². The van der Waals surface area contributed by atoms with Crippen molar-refractivity contribution < 1.29 is 19.0 Å². The first-order valence-corrected chi connectivity index (χ1v) is 14.6. The molecule has 1 amide bonds.